The van der Waals surface area contributed by atoms with Crippen molar-refractivity contribution in [2.24, 2.45) is 0 Å². The Bertz CT molecular complexity index is 1380. The van der Waals surface area contributed by atoms with Crippen molar-refractivity contribution in [3.05, 3.63) is 106 Å². The van der Waals surface area contributed by atoms with Crippen molar-refractivity contribution < 1.29 is 14.3 Å². The number of fused-ring (bicyclic) bond motifs is 1. The number of para-hydroxylation sites is 1. The molecule has 3 aromatic carbocycles. The van der Waals surface area contributed by atoms with E-state index in [0.717, 1.165) is 0 Å². The molecule has 0 aliphatic carbocycles. The van der Waals surface area contributed by atoms with E-state index in [2.05, 4.69) is 16.0 Å². The van der Waals surface area contributed by atoms with Gasteiger partial charge in [-0.2, -0.15) is 5.10 Å². The van der Waals surface area contributed by atoms with Gasteiger partial charge in [-0.1, -0.05) is 61.5 Å². The van der Waals surface area contributed by atoms with Gasteiger partial charge in [0.2, 0.25) is 0 Å². The second-order valence-corrected chi connectivity index (χ2v) is 7.59. The fourth-order valence-electron chi connectivity index (χ4n) is 3.55. The highest BCUT2D eigenvalue weighted by Crippen LogP contribution is 2.15. The van der Waals surface area contributed by atoms with Crippen LogP contribution in [-0.2, 0) is 13.2 Å². The summed E-state index contributed by atoms with van der Waals surface area (Å²) in [6.45, 7) is 2.49. The van der Waals surface area contributed by atoms with Crippen LogP contribution in [0.4, 0.5) is 0 Å². The first-order valence-corrected chi connectivity index (χ1v) is 10.9. The molecule has 0 aliphatic heterocycles. The van der Waals surface area contributed by atoms with E-state index in [0.29, 0.717) is 40.6 Å². The smallest absolute Gasteiger partial charge is 0.290 e. The van der Waals surface area contributed by atoms with Gasteiger partial charge in [0.1, 0.15) is 12.4 Å². The molecular weight excluding hydrogens is 432 g/mol. The molecule has 0 saturated carbocycles. The van der Waals surface area contributed by atoms with Crippen molar-refractivity contribution in [1.29, 1.82) is 0 Å². The Morgan fingerprint density at radius 3 is 2.26 bits per heavy atom. The Kier molecular flexibility index (Phi) is 6.98. The van der Waals surface area contributed by atoms with E-state index >= 15 is 0 Å². The number of hydrazine groups is 1. The van der Waals surface area contributed by atoms with Crippen molar-refractivity contribution in [3.63, 3.8) is 0 Å². The Morgan fingerprint density at radius 1 is 0.853 bits per heavy atom. The Hall–Kier alpha value is -4.46. The number of carbonyl (C=O) groups is 2. The summed E-state index contributed by atoms with van der Waals surface area (Å²) in [6.07, 6.45) is 0.685. The highest BCUT2D eigenvalue weighted by molar-refractivity contribution is 6.06. The maximum absolute atomic E-state index is 12.9. The number of rotatable bonds is 7. The highest BCUT2D eigenvalue weighted by Gasteiger charge is 2.18. The zero-order valence-electron chi connectivity index (χ0n) is 18.7. The van der Waals surface area contributed by atoms with Gasteiger partial charge < -0.3 is 4.74 Å². The van der Waals surface area contributed by atoms with Crippen molar-refractivity contribution in [2.45, 2.75) is 26.5 Å². The third-order valence-electron chi connectivity index (χ3n) is 5.21. The molecule has 8 heteroatoms. The fourth-order valence-corrected chi connectivity index (χ4v) is 3.55. The molecule has 4 aromatic rings. The number of nitrogens with one attached hydrogen (secondary N) is 2. The molecule has 0 saturated heterocycles. The van der Waals surface area contributed by atoms with E-state index < -0.39 is 11.8 Å². The number of hydrogen-bond donors (Lipinski definition) is 2. The van der Waals surface area contributed by atoms with Gasteiger partial charge in [0.15, 0.2) is 5.69 Å². The van der Waals surface area contributed by atoms with Crippen LogP contribution >= 0.6 is 0 Å². The SMILES string of the molecule is CCCn1nc(C(=O)NNC(=O)c2ccccc2COc2ccccc2)c2ccccc2c1=O. The largest absolute Gasteiger partial charge is 0.489 e. The molecule has 0 unspecified atom stereocenters. The average molecular weight is 457 g/mol. The molecule has 2 N–H and O–H groups in total. The number of ether oxygens (including phenoxy) is 1. The summed E-state index contributed by atoms with van der Waals surface area (Å²) < 4.78 is 7.04. The molecule has 0 atom stereocenters. The minimum Gasteiger partial charge on any atom is -0.489 e. The van der Waals surface area contributed by atoms with Crippen LogP contribution in [0.2, 0.25) is 0 Å². The number of carbonyl (C=O) groups excluding carboxylic acids is 2. The fraction of sp³-hybridized carbons (Fsp3) is 0.154. The number of benzene rings is 3. The van der Waals surface area contributed by atoms with Crippen LogP contribution in [0.1, 0.15) is 39.8 Å². The Morgan fingerprint density at radius 2 is 1.50 bits per heavy atom. The van der Waals surface area contributed by atoms with Gasteiger partial charge in [-0.15, -0.1) is 0 Å². The first-order chi connectivity index (χ1) is 16.6. The lowest BCUT2D eigenvalue weighted by atomic mass is 10.1. The summed E-state index contributed by atoms with van der Waals surface area (Å²) in [5.74, 6) is -0.426. The predicted octanol–water partition coefficient (Wildman–Crippen LogP) is 3.46. The van der Waals surface area contributed by atoms with Crippen molar-refractivity contribution in [3.8, 4) is 5.75 Å². The molecule has 0 radical (unpaired) electrons. The molecular formula is C26H24N4O4. The predicted molar refractivity (Wildman–Crippen MR) is 128 cm³/mol. The van der Waals surface area contributed by atoms with Crippen LogP contribution in [0.3, 0.4) is 0 Å². The first-order valence-electron chi connectivity index (χ1n) is 10.9. The molecule has 34 heavy (non-hydrogen) atoms. The molecule has 1 aromatic heterocycles. The molecule has 0 fully saturated rings. The van der Waals surface area contributed by atoms with Crippen LogP contribution in [0.15, 0.2) is 83.7 Å². The van der Waals surface area contributed by atoms with E-state index in [9.17, 15) is 14.4 Å². The van der Waals surface area contributed by atoms with Gasteiger partial charge in [0.05, 0.1) is 5.39 Å². The number of amides is 2. The van der Waals surface area contributed by atoms with Gasteiger partial charge in [-0.05, 0) is 30.7 Å². The minimum absolute atomic E-state index is 0.0599. The Balaban J connectivity index is 1.51. The summed E-state index contributed by atoms with van der Waals surface area (Å²) >= 11 is 0. The topological polar surface area (TPSA) is 102 Å². The van der Waals surface area contributed by atoms with Crippen LogP contribution in [0.25, 0.3) is 10.8 Å². The minimum atomic E-state index is -0.618. The van der Waals surface area contributed by atoms with Crippen molar-refractivity contribution >= 4 is 22.6 Å². The lowest BCUT2D eigenvalue weighted by Gasteiger charge is -2.13. The second kappa shape index (κ2) is 10.4. The highest BCUT2D eigenvalue weighted by atomic mass is 16.5. The van der Waals surface area contributed by atoms with Crippen LogP contribution < -0.4 is 21.1 Å². The number of aromatic nitrogens is 2. The van der Waals surface area contributed by atoms with Crippen molar-refractivity contribution in [2.75, 3.05) is 0 Å². The summed E-state index contributed by atoms with van der Waals surface area (Å²) in [7, 11) is 0. The van der Waals surface area contributed by atoms with E-state index in [4.69, 9.17) is 4.74 Å². The molecule has 0 spiro atoms. The van der Waals surface area contributed by atoms with Gasteiger partial charge in [-0.25, -0.2) is 4.68 Å². The van der Waals surface area contributed by atoms with Gasteiger partial charge in [-0.3, -0.25) is 25.2 Å². The molecule has 0 aliphatic rings. The van der Waals surface area contributed by atoms with E-state index in [1.54, 1.807) is 42.5 Å². The molecule has 1 heterocycles. The van der Waals surface area contributed by atoms with E-state index in [1.165, 1.54) is 4.68 Å². The third-order valence-corrected chi connectivity index (χ3v) is 5.21. The maximum Gasteiger partial charge on any atom is 0.290 e. The van der Waals surface area contributed by atoms with E-state index in [1.807, 2.05) is 43.3 Å². The number of aryl methyl sites for hydroxylation is 1. The van der Waals surface area contributed by atoms with Gasteiger partial charge in [0, 0.05) is 23.1 Å². The monoisotopic (exact) mass is 456 g/mol. The maximum atomic E-state index is 12.9. The van der Waals surface area contributed by atoms with Crippen LogP contribution in [0.5, 0.6) is 5.75 Å². The normalized spacial score (nSPS) is 10.6. The zero-order valence-corrected chi connectivity index (χ0v) is 18.7. The van der Waals surface area contributed by atoms with Gasteiger partial charge >= 0.3 is 0 Å². The average Bonchev–Trinajstić information content (AvgIpc) is 2.88. The molecule has 2 amide bonds. The molecule has 0 bridgehead atoms. The number of hydrogen-bond acceptors (Lipinski definition) is 5. The Labute approximate surface area is 196 Å². The third kappa shape index (κ3) is 4.96. The first kappa shape index (κ1) is 22.7. The summed E-state index contributed by atoms with van der Waals surface area (Å²) in [5, 5.41) is 5.06. The zero-order chi connectivity index (χ0) is 23.9. The second-order valence-electron chi connectivity index (χ2n) is 7.59. The molecule has 172 valence electrons. The summed E-state index contributed by atoms with van der Waals surface area (Å²) in [4.78, 5) is 38.4. The van der Waals surface area contributed by atoms with Crippen LogP contribution in [-0.4, -0.2) is 21.6 Å². The quantitative estimate of drug-likeness (QED) is 0.415. The number of nitrogens with zero attached hydrogens (tertiary/aromatic N) is 2. The lowest BCUT2D eigenvalue weighted by molar-refractivity contribution is 0.0842. The molecule has 4 rings (SSSR count). The standard InChI is InChI=1S/C26H24N4O4/c1-2-16-30-26(33)22-15-9-8-14-21(22)23(29-30)25(32)28-27-24(31)20-13-7-6-10-18(20)17-34-19-11-4-3-5-12-19/h3-15H,2,16-17H2,1H3,(H,27,31)(H,28,32). The van der Waals surface area contributed by atoms with Gasteiger partial charge in [0.25, 0.3) is 17.4 Å². The van der Waals surface area contributed by atoms with E-state index in [-0.39, 0.29) is 17.9 Å². The van der Waals surface area contributed by atoms with Crippen molar-refractivity contribution in [1.82, 2.24) is 20.6 Å². The lowest BCUT2D eigenvalue weighted by Crippen LogP contribution is -2.43. The molecule has 8 nitrogen and oxygen atoms in total. The summed E-state index contributed by atoms with van der Waals surface area (Å²) in [5.41, 5.74) is 5.70. The summed E-state index contributed by atoms with van der Waals surface area (Å²) in [6, 6.07) is 23.1. The van der Waals surface area contributed by atoms with Crippen LogP contribution in [0, 0.1) is 0 Å².